The molecule has 4 aromatic carbocycles. The first-order valence-corrected chi connectivity index (χ1v) is 25.5. The van der Waals surface area contributed by atoms with Gasteiger partial charge in [-0.05, 0) is 92.9 Å². The highest BCUT2D eigenvalue weighted by molar-refractivity contribution is 6.78. The molecule has 0 aromatic heterocycles. The Morgan fingerprint density at radius 3 is 1.03 bits per heavy atom. The van der Waals surface area contributed by atoms with E-state index >= 15 is 0 Å². The average Bonchev–Trinajstić information content (AvgIpc) is 3.18. The second-order valence-electron chi connectivity index (χ2n) is 18.4. The quantitative estimate of drug-likeness (QED) is 0.0567. The van der Waals surface area contributed by atoms with E-state index in [1.807, 2.05) is 36.4 Å². The highest BCUT2D eigenvalue weighted by Crippen LogP contribution is 2.48. The Balaban J connectivity index is 1.89. The molecule has 0 spiro atoms. The molecule has 0 bridgehead atoms. The van der Waals surface area contributed by atoms with Crippen LogP contribution in [0.4, 0.5) is 22.7 Å². The molecular weight excluding hydrogens is 805 g/mol. The van der Waals surface area contributed by atoms with Gasteiger partial charge in [0.15, 0.2) is 0 Å². The fourth-order valence-electron chi connectivity index (χ4n) is 9.32. The lowest BCUT2D eigenvalue weighted by Gasteiger charge is -2.43. The molecule has 0 saturated carbocycles. The van der Waals surface area contributed by atoms with E-state index < -0.39 is 43.7 Å². The van der Waals surface area contributed by atoms with Crippen molar-refractivity contribution < 1.29 is 28.3 Å². The third-order valence-corrected chi connectivity index (χ3v) is 24.5. The van der Waals surface area contributed by atoms with Crippen LogP contribution in [0.1, 0.15) is 129 Å². The fourth-order valence-corrected chi connectivity index (χ4v) is 19.9. The van der Waals surface area contributed by atoms with E-state index in [2.05, 4.69) is 108 Å². The lowest BCUT2D eigenvalue weighted by Crippen LogP contribution is -2.50. The van der Waals surface area contributed by atoms with E-state index in [1.54, 1.807) is 0 Å². The molecule has 0 saturated heterocycles. The summed E-state index contributed by atoms with van der Waals surface area (Å²) in [5.41, 5.74) is 3.76. The van der Waals surface area contributed by atoms with E-state index in [0.29, 0.717) is 22.9 Å². The van der Waals surface area contributed by atoms with Crippen LogP contribution in [0.3, 0.4) is 0 Å². The van der Waals surface area contributed by atoms with Crippen LogP contribution in [-0.2, 0) is 5.41 Å². The minimum absolute atomic E-state index is 0.115. The molecule has 4 rings (SSSR count). The Bertz CT molecular complexity index is 2020. The summed E-state index contributed by atoms with van der Waals surface area (Å²) < 4.78 is 14.3. The number of nitrogens with one attached hydrogen (secondary N) is 2. The van der Waals surface area contributed by atoms with Gasteiger partial charge >= 0.3 is 0 Å². The van der Waals surface area contributed by atoms with Crippen LogP contribution in [0.15, 0.2) is 84.9 Å². The largest absolute Gasteiger partial charge is 0.541 e. The van der Waals surface area contributed by atoms with Crippen molar-refractivity contribution in [2.75, 3.05) is 10.6 Å². The van der Waals surface area contributed by atoms with E-state index in [0.717, 1.165) is 11.1 Å². The Hall–Kier alpha value is -5.35. The number of rotatable bonds is 18. The van der Waals surface area contributed by atoms with Crippen molar-refractivity contribution in [1.29, 1.82) is 0 Å². The average molecular weight is 869 g/mol. The van der Waals surface area contributed by atoms with Crippen LogP contribution in [0, 0.1) is 20.2 Å². The van der Waals surface area contributed by atoms with E-state index in [4.69, 9.17) is 8.85 Å². The molecule has 0 unspecified atom stereocenters. The third kappa shape index (κ3) is 10.1. The highest BCUT2D eigenvalue weighted by atomic mass is 28.4. The second-order valence-corrected chi connectivity index (χ2v) is 29.2. The number of carbonyl (C=O) groups is 2. The van der Waals surface area contributed by atoms with Crippen molar-refractivity contribution in [1.82, 2.24) is 0 Å². The Morgan fingerprint density at radius 2 is 0.787 bits per heavy atom. The minimum atomic E-state index is -2.50. The predicted molar refractivity (Wildman–Crippen MR) is 250 cm³/mol. The van der Waals surface area contributed by atoms with Crippen LogP contribution < -0.4 is 19.5 Å². The Labute approximate surface area is 363 Å². The number of hydrogen-bond donors (Lipinski definition) is 2. The molecule has 2 amide bonds. The zero-order valence-corrected chi connectivity index (χ0v) is 40.2. The van der Waals surface area contributed by atoms with E-state index in [1.165, 1.54) is 48.5 Å². The van der Waals surface area contributed by atoms with Gasteiger partial charge in [-0.15, -0.1) is 0 Å². The van der Waals surface area contributed by atoms with Crippen LogP contribution in [0.25, 0.3) is 0 Å². The summed E-state index contributed by atoms with van der Waals surface area (Å²) in [4.78, 5) is 49.4. The molecule has 0 fully saturated rings. The van der Waals surface area contributed by atoms with Gasteiger partial charge in [0.25, 0.3) is 39.8 Å². The molecule has 0 aliphatic carbocycles. The van der Waals surface area contributed by atoms with Gasteiger partial charge in [-0.25, -0.2) is 0 Å². The SMILES string of the molecule is CC(C)[Si](Oc1ccc(C(C)(C)c2ccc(O[Si](C(C)C)(C(C)C)C(C)C)c(NC(=O)c3ccc([N+](=O)[O-])cc3)c2)cc1NC(=O)c1ccc([N+](=O)[O-])cc1)(C(C)C)C(C)C. The first-order chi connectivity index (χ1) is 28.4. The van der Waals surface area contributed by atoms with Crippen molar-refractivity contribution in [2.24, 2.45) is 0 Å². The van der Waals surface area contributed by atoms with Crippen LogP contribution in [0.2, 0.25) is 33.2 Å². The molecular formula is C47H64N4O8Si2. The van der Waals surface area contributed by atoms with Crippen LogP contribution in [0.5, 0.6) is 11.5 Å². The number of anilines is 2. The maximum Gasteiger partial charge on any atom is 0.269 e. The summed E-state index contributed by atoms with van der Waals surface area (Å²) in [6, 6.07) is 22.7. The lowest BCUT2D eigenvalue weighted by molar-refractivity contribution is -0.385. The smallest absolute Gasteiger partial charge is 0.269 e. The molecule has 2 N–H and O–H groups in total. The first kappa shape index (κ1) is 48.3. The van der Waals surface area contributed by atoms with Gasteiger partial charge in [-0.2, -0.15) is 0 Å². The van der Waals surface area contributed by atoms with Crippen molar-refractivity contribution in [2.45, 2.75) is 136 Å². The van der Waals surface area contributed by atoms with E-state index in [-0.39, 0.29) is 55.7 Å². The zero-order chi connectivity index (χ0) is 45.8. The summed E-state index contributed by atoms with van der Waals surface area (Å²) in [5.74, 6) is 0.224. The lowest BCUT2D eigenvalue weighted by atomic mass is 9.77. The normalized spacial score (nSPS) is 12.4. The maximum absolute atomic E-state index is 13.8. The van der Waals surface area contributed by atoms with Crippen molar-refractivity contribution >= 4 is 51.2 Å². The number of carbonyl (C=O) groups excluding carboxylic acids is 2. The van der Waals surface area contributed by atoms with Crippen LogP contribution in [-0.4, -0.2) is 38.3 Å². The van der Waals surface area contributed by atoms with E-state index in [9.17, 15) is 29.8 Å². The molecule has 0 aliphatic rings. The van der Waals surface area contributed by atoms with Gasteiger partial charge in [0.05, 0.1) is 21.2 Å². The highest BCUT2D eigenvalue weighted by Gasteiger charge is 2.48. The Kier molecular flexibility index (Phi) is 15.2. The maximum atomic E-state index is 13.8. The molecule has 14 heteroatoms. The summed E-state index contributed by atoms with van der Waals surface area (Å²) >= 11 is 0. The molecule has 0 radical (unpaired) electrons. The molecule has 12 nitrogen and oxygen atoms in total. The number of amides is 2. The number of non-ortho nitro benzene ring substituents is 2. The number of hydrogen-bond acceptors (Lipinski definition) is 8. The molecule has 0 aliphatic heterocycles. The summed E-state index contributed by atoms with van der Waals surface area (Å²) in [6.07, 6.45) is 0. The fraction of sp³-hybridized carbons (Fsp3) is 0.447. The number of nitro groups is 2. The molecule has 0 heterocycles. The number of nitrogens with zero attached hydrogens (tertiary/aromatic N) is 2. The monoisotopic (exact) mass is 868 g/mol. The van der Waals surface area contributed by atoms with Crippen LogP contribution >= 0.6 is 0 Å². The number of benzene rings is 4. The molecule has 4 aromatic rings. The van der Waals surface area contributed by atoms with Crippen molar-refractivity contribution in [3.05, 3.63) is 127 Å². The first-order valence-electron chi connectivity index (χ1n) is 21.2. The molecule has 61 heavy (non-hydrogen) atoms. The van der Waals surface area contributed by atoms with Crippen molar-refractivity contribution in [3.63, 3.8) is 0 Å². The Morgan fingerprint density at radius 1 is 0.508 bits per heavy atom. The summed E-state index contributed by atoms with van der Waals surface area (Å²) in [5, 5.41) is 28.9. The van der Waals surface area contributed by atoms with Gasteiger partial charge in [0.1, 0.15) is 11.5 Å². The number of nitro benzene ring substituents is 2. The predicted octanol–water partition coefficient (Wildman–Crippen LogP) is 13.4. The second kappa shape index (κ2) is 19.1. The zero-order valence-electron chi connectivity index (χ0n) is 38.2. The van der Waals surface area contributed by atoms with Gasteiger partial charge in [-0.3, -0.25) is 29.8 Å². The third-order valence-electron chi connectivity index (χ3n) is 12.6. The van der Waals surface area contributed by atoms with Gasteiger partial charge in [0.2, 0.25) is 0 Å². The standard InChI is InChI=1S/C47H64N4O8Si2/c1-29(2)60(30(3)4,31(5)6)58-43-25-19-37(27-41(43)48-45(52)35-15-21-39(22-16-35)50(54)55)47(13,14)38-20-26-44(59-61(32(7)8,33(9)10)34(11)12)42(28-38)49-46(53)36-17-23-40(24-18-36)51(56)57/h15-34H,1-14H3,(H,48,52)(H,49,53). The minimum Gasteiger partial charge on any atom is -0.541 e. The summed E-state index contributed by atoms with van der Waals surface area (Å²) in [6.45, 7) is 30.5. The van der Waals surface area contributed by atoms with Gasteiger partial charge in [-0.1, -0.05) is 109 Å². The molecule has 328 valence electrons. The van der Waals surface area contributed by atoms with Gasteiger partial charge in [0, 0.05) is 40.8 Å². The van der Waals surface area contributed by atoms with Crippen molar-refractivity contribution in [3.8, 4) is 11.5 Å². The molecule has 0 atom stereocenters. The topological polar surface area (TPSA) is 163 Å². The summed E-state index contributed by atoms with van der Waals surface area (Å²) in [7, 11) is -5.00. The van der Waals surface area contributed by atoms with Gasteiger partial charge < -0.3 is 19.5 Å².